The van der Waals surface area contributed by atoms with Crippen molar-refractivity contribution in [1.29, 1.82) is 0 Å². The Morgan fingerprint density at radius 2 is 1.66 bits per heavy atom. The number of hydrogen-bond donors (Lipinski definition) is 4. The van der Waals surface area contributed by atoms with Crippen molar-refractivity contribution in [3.8, 4) is 0 Å². The van der Waals surface area contributed by atoms with Gasteiger partial charge in [0.25, 0.3) is 0 Å². The second kappa shape index (κ2) is 15.7. The van der Waals surface area contributed by atoms with Gasteiger partial charge in [0.15, 0.2) is 17.5 Å². The number of aliphatic hydroxyl groups is 3. The number of amides is 1. The molecule has 1 saturated heterocycles. The molecule has 0 radical (unpaired) electrons. The van der Waals surface area contributed by atoms with E-state index in [-0.39, 0.29) is 42.6 Å². The van der Waals surface area contributed by atoms with Gasteiger partial charge < -0.3 is 49.1 Å². The number of ketones is 1. The Hall–Kier alpha value is -4.38. The van der Waals surface area contributed by atoms with Crippen LogP contribution in [0.2, 0.25) is 0 Å². The van der Waals surface area contributed by atoms with Crippen molar-refractivity contribution in [1.82, 2.24) is 5.32 Å². The smallest absolute Gasteiger partial charge is 0.407 e. The molecule has 2 bridgehead atoms. The zero-order valence-electron chi connectivity index (χ0n) is 34.1. The lowest BCUT2D eigenvalue weighted by Crippen LogP contribution is -2.81. The maximum atomic E-state index is 15.4. The summed E-state index contributed by atoms with van der Waals surface area (Å²) >= 11 is 0. The molecule has 0 aromatic heterocycles. The molecule has 11 atom stereocenters. The lowest BCUT2D eigenvalue weighted by Gasteiger charge is -2.67. The van der Waals surface area contributed by atoms with Gasteiger partial charge in [-0.15, -0.1) is 0 Å². The van der Waals surface area contributed by atoms with E-state index in [4.69, 9.17) is 28.4 Å². The molecule has 1 aliphatic heterocycles. The number of rotatable bonds is 11. The number of alkyl carbamates (subject to hydrolysis) is 1. The van der Waals surface area contributed by atoms with Gasteiger partial charge in [0.2, 0.25) is 5.78 Å². The highest BCUT2D eigenvalue weighted by molar-refractivity contribution is 6.02. The number of esters is 4. The van der Waals surface area contributed by atoms with E-state index in [2.05, 4.69) is 5.32 Å². The minimum absolute atomic E-state index is 0.0176. The third-order valence-corrected chi connectivity index (χ3v) is 13.0. The lowest BCUT2D eigenvalue weighted by atomic mass is 9.45. The topological polar surface area (TPSA) is 231 Å². The van der Waals surface area contributed by atoms with Crippen LogP contribution >= 0.6 is 0 Å². The Morgan fingerprint density at radius 3 is 2.21 bits per heavy atom. The summed E-state index contributed by atoms with van der Waals surface area (Å²) in [5, 5.41) is 39.5. The number of Topliss-reactive ketones (excluding diaryl/α,β-unsaturated/α-hetero) is 1. The average Bonchev–Trinajstić information content (AvgIpc) is 3.99. The van der Waals surface area contributed by atoms with E-state index >= 15 is 4.79 Å². The van der Waals surface area contributed by atoms with Gasteiger partial charge in [-0.05, 0) is 49.3 Å². The Balaban J connectivity index is 1.51. The highest BCUT2D eigenvalue weighted by Crippen LogP contribution is 2.65. The molecular formula is C42H55NO15. The standard InChI is InChI=1S/C42H55NO15/c1-20(2)18-53-38(51)43-30(24-14-15-24)31(47)37(50)56-26-17-42(52)35(57-36(49)25-12-10-9-11-13-25)33-40(8,27(46)16-28-41(33,19-54-28)58-23(5)45)34(48)32(55-22(4)44)29(21(26)3)39(42,6)7/h9-13,20-21,24,26-28,30-31,33,35,46-47,52H,14-19H2,1-8H3,(H,43,51)/t21?,26-,27-,28+,30-,31+,33-,35-,40+,41-,42+/m0/s1. The Kier molecular flexibility index (Phi) is 11.7. The molecule has 58 heavy (non-hydrogen) atoms. The van der Waals surface area contributed by atoms with Crippen LogP contribution < -0.4 is 5.32 Å². The van der Waals surface area contributed by atoms with Crippen molar-refractivity contribution in [3.05, 3.63) is 47.2 Å². The van der Waals surface area contributed by atoms with Gasteiger partial charge in [0.05, 0.1) is 42.3 Å². The van der Waals surface area contributed by atoms with Crippen LogP contribution in [-0.4, -0.2) is 112 Å². The van der Waals surface area contributed by atoms with Crippen molar-refractivity contribution >= 4 is 35.8 Å². The van der Waals surface area contributed by atoms with Crippen LogP contribution in [0.1, 0.15) is 91.4 Å². The normalized spacial score (nSPS) is 34.7. The van der Waals surface area contributed by atoms with Gasteiger partial charge in [-0.1, -0.05) is 52.8 Å². The van der Waals surface area contributed by atoms with Gasteiger partial charge in [0, 0.05) is 38.0 Å². The minimum atomic E-state index is -2.35. The number of aliphatic hydroxyl groups excluding tert-OH is 2. The summed E-state index contributed by atoms with van der Waals surface area (Å²) in [4.78, 5) is 81.9. The number of nitrogens with one attached hydrogen (secondary N) is 1. The van der Waals surface area contributed by atoms with Crippen molar-refractivity contribution < 1.29 is 72.5 Å². The third-order valence-electron chi connectivity index (χ3n) is 13.0. The van der Waals surface area contributed by atoms with E-state index in [0.29, 0.717) is 12.8 Å². The summed E-state index contributed by atoms with van der Waals surface area (Å²) in [7, 11) is 0. The molecule has 1 amide bonds. The van der Waals surface area contributed by atoms with Crippen molar-refractivity contribution in [2.75, 3.05) is 13.2 Å². The highest BCUT2D eigenvalue weighted by Gasteiger charge is 2.78. The third kappa shape index (κ3) is 7.30. The number of carbonyl (C=O) groups is 6. The molecule has 1 heterocycles. The first-order valence-electron chi connectivity index (χ1n) is 19.9. The molecule has 1 aromatic rings. The van der Waals surface area contributed by atoms with Crippen LogP contribution in [0.25, 0.3) is 0 Å². The second-order valence-corrected chi connectivity index (χ2v) is 17.7. The van der Waals surface area contributed by atoms with E-state index in [9.17, 15) is 39.3 Å². The van der Waals surface area contributed by atoms with Crippen LogP contribution in [0.15, 0.2) is 41.7 Å². The van der Waals surface area contributed by atoms with Crippen LogP contribution in [0.5, 0.6) is 0 Å². The zero-order valence-corrected chi connectivity index (χ0v) is 34.1. The SMILES string of the molecule is CC(=O)OC1=C2C(C)[C@@H](OC(=O)[C@H](O)[C@@H](NC(=O)OCC(C)C)C3CC3)C[C@@](O)([C@@H](OC(=O)c3ccccc3)[C@@H]3[C@]4(OC(C)=O)CO[C@@H]4C[C@H](O)[C@@]3(C)C1=O)C2(C)C. The fraction of sp³-hybridized carbons (Fsp3) is 0.667. The molecule has 4 N–H and O–H groups in total. The summed E-state index contributed by atoms with van der Waals surface area (Å²) in [6, 6.07) is 6.79. The Bertz CT molecular complexity index is 1860. The van der Waals surface area contributed by atoms with E-state index in [1.165, 1.54) is 19.1 Å². The van der Waals surface area contributed by atoms with Crippen LogP contribution in [0, 0.1) is 34.5 Å². The number of hydrogen-bond acceptors (Lipinski definition) is 15. The number of carbonyl (C=O) groups excluding carboxylic acids is 6. The summed E-state index contributed by atoms with van der Waals surface area (Å²) in [6.07, 6.45) is -7.91. The molecule has 1 aromatic carbocycles. The maximum Gasteiger partial charge on any atom is 0.407 e. The summed E-state index contributed by atoms with van der Waals surface area (Å²) in [6.45, 7) is 11.9. The van der Waals surface area contributed by atoms with Crippen molar-refractivity contribution in [2.24, 2.45) is 34.5 Å². The largest absolute Gasteiger partial charge is 0.460 e. The van der Waals surface area contributed by atoms with Crippen LogP contribution in [0.3, 0.4) is 0 Å². The maximum absolute atomic E-state index is 15.4. The Morgan fingerprint density at radius 1 is 1.00 bits per heavy atom. The second-order valence-electron chi connectivity index (χ2n) is 17.7. The fourth-order valence-corrected chi connectivity index (χ4v) is 9.71. The fourth-order valence-electron chi connectivity index (χ4n) is 9.71. The average molecular weight is 814 g/mol. The monoisotopic (exact) mass is 813 g/mol. The van der Waals surface area contributed by atoms with Crippen LogP contribution in [0.4, 0.5) is 4.79 Å². The van der Waals surface area contributed by atoms with Gasteiger partial charge in [0.1, 0.15) is 23.9 Å². The van der Waals surface area contributed by atoms with Gasteiger partial charge in [-0.3, -0.25) is 14.4 Å². The van der Waals surface area contributed by atoms with Crippen molar-refractivity contribution in [2.45, 2.75) is 129 Å². The molecule has 4 aliphatic carbocycles. The van der Waals surface area contributed by atoms with E-state index < -0.39 is 118 Å². The van der Waals surface area contributed by atoms with E-state index in [1.54, 1.807) is 39.0 Å². The summed E-state index contributed by atoms with van der Waals surface area (Å²) in [5.74, 6) is -7.95. The Labute approximate surface area is 336 Å². The predicted octanol–water partition coefficient (Wildman–Crippen LogP) is 2.93. The number of benzene rings is 1. The zero-order chi connectivity index (χ0) is 42.7. The number of fused-ring (bicyclic) bond motifs is 5. The summed E-state index contributed by atoms with van der Waals surface area (Å²) in [5.41, 5.74) is -7.70. The molecular weight excluding hydrogens is 758 g/mol. The number of allylic oxidation sites excluding steroid dienone is 1. The highest BCUT2D eigenvalue weighted by atomic mass is 16.6. The van der Waals surface area contributed by atoms with Crippen LogP contribution in [-0.2, 0) is 47.6 Å². The van der Waals surface area contributed by atoms with E-state index in [0.717, 1.165) is 13.8 Å². The molecule has 318 valence electrons. The number of ether oxygens (including phenoxy) is 6. The minimum Gasteiger partial charge on any atom is -0.460 e. The van der Waals surface area contributed by atoms with E-state index in [1.807, 2.05) is 13.8 Å². The quantitative estimate of drug-likeness (QED) is 0.186. The molecule has 4 fully saturated rings. The van der Waals surface area contributed by atoms with Gasteiger partial charge in [-0.25, -0.2) is 14.4 Å². The molecule has 16 heteroatoms. The molecule has 0 spiro atoms. The van der Waals surface area contributed by atoms with Gasteiger partial charge in [-0.2, -0.15) is 0 Å². The molecule has 1 unspecified atom stereocenters. The first-order chi connectivity index (χ1) is 27.1. The molecule has 16 nitrogen and oxygen atoms in total. The molecule has 5 aliphatic rings. The predicted molar refractivity (Wildman–Crippen MR) is 200 cm³/mol. The summed E-state index contributed by atoms with van der Waals surface area (Å²) < 4.78 is 35.3. The lowest BCUT2D eigenvalue weighted by molar-refractivity contribution is -0.345. The molecule has 6 rings (SSSR count). The first-order valence-corrected chi connectivity index (χ1v) is 19.9. The molecule has 3 saturated carbocycles. The van der Waals surface area contributed by atoms with Gasteiger partial charge >= 0.3 is 30.0 Å². The first kappa shape index (κ1) is 43.2. The van der Waals surface area contributed by atoms with Crippen molar-refractivity contribution in [3.63, 3.8) is 0 Å².